The number of rotatable bonds is 5. The summed E-state index contributed by atoms with van der Waals surface area (Å²) in [7, 11) is 0. The normalized spacial score (nSPS) is 13.1. The van der Waals surface area contributed by atoms with Crippen molar-refractivity contribution >= 4 is 33.1 Å². The van der Waals surface area contributed by atoms with E-state index in [-0.39, 0.29) is 12.3 Å². The van der Waals surface area contributed by atoms with E-state index in [1.807, 2.05) is 31.2 Å². The number of thiophene rings is 1. The molecule has 5 nitrogen and oxygen atoms in total. The van der Waals surface area contributed by atoms with Crippen LogP contribution in [-0.2, 0) is 17.6 Å². The van der Waals surface area contributed by atoms with Crippen molar-refractivity contribution in [3.05, 3.63) is 70.1 Å². The van der Waals surface area contributed by atoms with Crippen molar-refractivity contribution in [2.24, 2.45) is 0 Å². The first-order valence-corrected chi connectivity index (χ1v) is 11.6. The number of ether oxygens (including phenoxy) is 1. The summed E-state index contributed by atoms with van der Waals surface area (Å²) in [4.78, 5) is 24.0. The van der Waals surface area contributed by atoms with Crippen molar-refractivity contribution in [3.8, 4) is 17.3 Å². The van der Waals surface area contributed by atoms with Gasteiger partial charge in [-0.15, -0.1) is 11.3 Å². The highest BCUT2D eigenvalue weighted by Crippen LogP contribution is 2.40. The van der Waals surface area contributed by atoms with Gasteiger partial charge in [-0.3, -0.25) is 4.79 Å². The highest BCUT2D eigenvalue weighted by atomic mass is 32.1. The quantitative estimate of drug-likeness (QED) is 0.402. The second-order valence-corrected chi connectivity index (χ2v) is 9.15. The SMILES string of the molecule is Cc1ccc(-c2nc(OCC(=O)Nc3cc(F)ccc3F)c3c4c(sc3n2)CCCC4)cc1. The van der Waals surface area contributed by atoms with E-state index in [0.29, 0.717) is 11.7 Å². The van der Waals surface area contributed by atoms with Gasteiger partial charge in [0, 0.05) is 16.5 Å². The molecule has 0 saturated heterocycles. The Balaban J connectivity index is 1.47. The number of anilines is 1. The number of benzene rings is 2. The van der Waals surface area contributed by atoms with Crippen LogP contribution in [0.1, 0.15) is 28.8 Å². The molecule has 33 heavy (non-hydrogen) atoms. The molecule has 1 aliphatic carbocycles. The van der Waals surface area contributed by atoms with Crippen LogP contribution in [0.15, 0.2) is 42.5 Å². The summed E-state index contributed by atoms with van der Waals surface area (Å²) in [5, 5.41) is 3.20. The van der Waals surface area contributed by atoms with Gasteiger partial charge in [0.2, 0.25) is 5.88 Å². The van der Waals surface area contributed by atoms with E-state index in [2.05, 4.69) is 10.3 Å². The van der Waals surface area contributed by atoms with E-state index in [9.17, 15) is 13.6 Å². The Labute approximate surface area is 193 Å². The van der Waals surface area contributed by atoms with Crippen LogP contribution in [-0.4, -0.2) is 22.5 Å². The molecule has 4 aromatic rings. The minimum atomic E-state index is -0.720. The summed E-state index contributed by atoms with van der Waals surface area (Å²) in [6.45, 7) is 1.62. The Kier molecular flexibility index (Phi) is 5.76. The van der Waals surface area contributed by atoms with Crippen LogP contribution in [0, 0.1) is 18.6 Å². The number of aromatic nitrogens is 2. The Morgan fingerprint density at radius 2 is 1.88 bits per heavy atom. The van der Waals surface area contributed by atoms with Crippen molar-refractivity contribution in [2.45, 2.75) is 32.6 Å². The summed E-state index contributed by atoms with van der Waals surface area (Å²) < 4.78 is 33.2. The number of carbonyl (C=O) groups excluding carboxylic acids is 1. The van der Waals surface area contributed by atoms with Gasteiger partial charge in [-0.25, -0.2) is 13.8 Å². The highest BCUT2D eigenvalue weighted by Gasteiger charge is 2.23. The average Bonchev–Trinajstić information content (AvgIpc) is 3.19. The molecule has 0 radical (unpaired) electrons. The van der Waals surface area contributed by atoms with Crippen LogP contribution >= 0.6 is 11.3 Å². The Morgan fingerprint density at radius 3 is 2.70 bits per heavy atom. The monoisotopic (exact) mass is 465 g/mol. The lowest BCUT2D eigenvalue weighted by molar-refractivity contribution is -0.118. The number of carbonyl (C=O) groups is 1. The van der Waals surface area contributed by atoms with Gasteiger partial charge in [-0.1, -0.05) is 29.8 Å². The predicted octanol–water partition coefficient (Wildman–Crippen LogP) is 5.84. The molecule has 5 rings (SSSR count). The summed E-state index contributed by atoms with van der Waals surface area (Å²) in [6.07, 6.45) is 4.13. The molecule has 0 saturated carbocycles. The zero-order chi connectivity index (χ0) is 22.9. The van der Waals surface area contributed by atoms with E-state index in [0.717, 1.165) is 65.2 Å². The lowest BCUT2D eigenvalue weighted by atomic mass is 9.97. The second-order valence-electron chi connectivity index (χ2n) is 8.07. The van der Waals surface area contributed by atoms with E-state index in [1.165, 1.54) is 10.4 Å². The molecule has 2 aromatic carbocycles. The molecule has 0 atom stereocenters. The zero-order valence-corrected chi connectivity index (χ0v) is 18.8. The first-order valence-electron chi connectivity index (χ1n) is 10.7. The summed E-state index contributed by atoms with van der Waals surface area (Å²) in [5.41, 5.74) is 2.93. The summed E-state index contributed by atoms with van der Waals surface area (Å²) in [6, 6.07) is 10.8. The molecule has 168 valence electrons. The molecule has 0 aliphatic heterocycles. The number of nitrogens with zero attached hydrogens (tertiary/aromatic N) is 2. The molecule has 1 N–H and O–H groups in total. The van der Waals surface area contributed by atoms with Gasteiger partial charge in [0.25, 0.3) is 5.91 Å². The van der Waals surface area contributed by atoms with Gasteiger partial charge in [0.1, 0.15) is 16.5 Å². The molecule has 0 bridgehead atoms. The standard InChI is InChI=1S/C25H21F2N3O2S/c1-14-6-8-15(9-7-14)23-29-24(22-17-4-2-3-5-20(17)33-25(22)30-23)32-13-21(31)28-19-12-16(26)10-11-18(19)27/h6-12H,2-5,13H2,1H3,(H,28,31). The third kappa shape index (κ3) is 4.43. The molecular weight excluding hydrogens is 444 g/mol. The Bertz CT molecular complexity index is 1350. The van der Waals surface area contributed by atoms with Gasteiger partial charge in [-0.05, 0) is 50.3 Å². The second kappa shape index (κ2) is 8.86. The lowest BCUT2D eigenvalue weighted by Gasteiger charge is -2.13. The third-order valence-electron chi connectivity index (χ3n) is 5.63. The number of nitrogens with one attached hydrogen (secondary N) is 1. The van der Waals surface area contributed by atoms with Gasteiger partial charge >= 0.3 is 0 Å². The van der Waals surface area contributed by atoms with Crippen LogP contribution < -0.4 is 10.1 Å². The fourth-order valence-corrected chi connectivity index (χ4v) is 5.23. The molecule has 0 spiro atoms. The number of halogens is 2. The maximum Gasteiger partial charge on any atom is 0.262 e. The maximum absolute atomic E-state index is 13.9. The van der Waals surface area contributed by atoms with Crippen molar-refractivity contribution < 1.29 is 18.3 Å². The number of fused-ring (bicyclic) bond motifs is 3. The smallest absolute Gasteiger partial charge is 0.262 e. The van der Waals surface area contributed by atoms with Gasteiger partial charge in [0.15, 0.2) is 12.4 Å². The molecule has 8 heteroatoms. The van der Waals surface area contributed by atoms with Crippen molar-refractivity contribution in [1.29, 1.82) is 0 Å². The Hall–Kier alpha value is -3.39. The highest BCUT2D eigenvalue weighted by molar-refractivity contribution is 7.18. The number of hydrogen-bond acceptors (Lipinski definition) is 5. The average molecular weight is 466 g/mol. The third-order valence-corrected chi connectivity index (χ3v) is 6.82. The lowest BCUT2D eigenvalue weighted by Crippen LogP contribution is -2.21. The predicted molar refractivity (Wildman–Crippen MR) is 125 cm³/mol. The van der Waals surface area contributed by atoms with Crippen LogP contribution in [0.25, 0.3) is 21.6 Å². The van der Waals surface area contributed by atoms with Crippen LogP contribution in [0.3, 0.4) is 0 Å². The molecule has 0 unspecified atom stereocenters. The van der Waals surface area contributed by atoms with E-state index in [4.69, 9.17) is 9.72 Å². The molecule has 1 aliphatic rings. The van der Waals surface area contributed by atoms with Gasteiger partial charge < -0.3 is 10.1 Å². The molecule has 0 fully saturated rings. The molecule has 1 amide bonds. The van der Waals surface area contributed by atoms with Gasteiger partial charge in [-0.2, -0.15) is 4.98 Å². The molecule has 2 aromatic heterocycles. The van der Waals surface area contributed by atoms with E-state index >= 15 is 0 Å². The first-order chi connectivity index (χ1) is 16.0. The zero-order valence-electron chi connectivity index (χ0n) is 18.0. The maximum atomic E-state index is 13.9. The summed E-state index contributed by atoms with van der Waals surface area (Å²) in [5.74, 6) is -1.11. The Morgan fingerprint density at radius 1 is 1.09 bits per heavy atom. The fourth-order valence-electron chi connectivity index (χ4n) is 3.97. The van der Waals surface area contributed by atoms with Crippen molar-refractivity contribution in [1.82, 2.24) is 9.97 Å². The van der Waals surface area contributed by atoms with Crippen LogP contribution in [0.4, 0.5) is 14.5 Å². The van der Waals surface area contributed by atoms with Crippen LogP contribution in [0.5, 0.6) is 5.88 Å². The van der Waals surface area contributed by atoms with Crippen molar-refractivity contribution in [2.75, 3.05) is 11.9 Å². The molecular formula is C25H21F2N3O2S. The number of amides is 1. The van der Waals surface area contributed by atoms with Gasteiger partial charge in [0.05, 0.1) is 11.1 Å². The topological polar surface area (TPSA) is 64.1 Å². The van der Waals surface area contributed by atoms with Crippen LogP contribution in [0.2, 0.25) is 0 Å². The number of hydrogen-bond donors (Lipinski definition) is 1. The minimum Gasteiger partial charge on any atom is -0.467 e. The summed E-state index contributed by atoms with van der Waals surface area (Å²) >= 11 is 1.64. The molecule has 2 heterocycles. The first kappa shape index (κ1) is 21.5. The largest absolute Gasteiger partial charge is 0.467 e. The number of aryl methyl sites for hydroxylation is 3. The minimum absolute atomic E-state index is 0.232. The van der Waals surface area contributed by atoms with E-state index in [1.54, 1.807) is 11.3 Å². The fraction of sp³-hybridized carbons (Fsp3) is 0.240. The van der Waals surface area contributed by atoms with E-state index < -0.39 is 17.5 Å². The van der Waals surface area contributed by atoms with Crippen molar-refractivity contribution in [3.63, 3.8) is 0 Å².